The van der Waals surface area contributed by atoms with E-state index in [2.05, 4.69) is 21.2 Å². The molecule has 0 aromatic rings. The smallest absolute Gasteiger partial charge is 0.407 e. The molecule has 0 radical (unpaired) electrons. The highest BCUT2D eigenvalue weighted by molar-refractivity contribution is 9.10. The molecule has 1 amide bonds. The number of carbonyl (C=O) groups excluding carboxylic acids is 1. The van der Waals surface area contributed by atoms with Gasteiger partial charge in [-0.25, -0.2) is 4.79 Å². The molecule has 2 saturated carbocycles. The molecule has 0 unspecified atom stereocenters. The van der Waals surface area contributed by atoms with Gasteiger partial charge in [-0.1, -0.05) is 15.9 Å². The molecule has 2 bridgehead atoms. The van der Waals surface area contributed by atoms with Crippen LogP contribution in [-0.2, 0) is 4.74 Å². The number of ether oxygens (including phenoxy) is 1. The molecule has 86 valence electrons. The predicted molar refractivity (Wildman–Crippen MR) is 62.2 cm³/mol. The van der Waals surface area contributed by atoms with E-state index in [1.807, 2.05) is 0 Å². The second-order valence-electron chi connectivity index (χ2n) is 4.93. The topological polar surface area (TPSA) is 38.3 Å². The van der Waals surface area contributed by atoms with Crippen LogP contribution in [0.3, 0.4) is 0 Å². The summed E-state index contributed by atoms with van der Waals surface area (Å²) in [6.45, 7) is 0. The molecule has 2 aliphatic rings. The van der Waals surface area contributed by atoms with Gasteiger partial charge in [-0.05, 0) is 44.9 Å². The van der Waals surface area contributed by atoms with Gasteiger partial charge in [0, 0.05) is 9.86 Å². The third kappa shape index (κ3) is 2.30. The van der Waals surface area contributed by atoms with Gasteiger partial charge in [-0.15, -0.1) is 0 Å². The van der Waals surface area contributed by atoms with Gasteiger partial charge in [0.05, 0.1) is 7.11 Å². The normalized spacial score (nSPS) is 39.6. The number of nitrogens with one attached hydrogen (secondary N) is 1. The number of hydrogen-bond donors (Lipinski definition) is 1. The minimum absolute atomic E-state index is 0.00685. The minimum atomic E-state index is -0.284. The molecule has 2 fully saturated rings. The Kier molecular flexibility index (Phi) is 2.97. The third-order valence-electron chi connectivity index (χ3n) is 3.77. The van der Waals surface area contributed by atoms with E-state index < -0.39 is 0 Å². The fraction of sp³-hybridized carbons (Fsp3) is 0.909. The molecule has 0 aliphatic heterocycles. The summed E-state index contributed by atoms with van der Waals surface area (Å²) in [5, 5.41) is 3.05. The summed E-state index contributed by atoms with van der Waals surface area (Å²) in [5.74, 6) is 0. The lowest BCUT2D eigenvalue weighted by Gasteiger charge is -2.49. The van der Waals surface area contributed by atoms with Crippen LogP contribution in [0.5, 0.6) is 0 Å². The van der Waals surface area contributed by atoms with Crippen LogP contribution in [0, 0.1) is 0 Å². The van der Waals surface area contributed by atoms with Crippen molar-refractivity contribution in [3.63, 3.8) is 0 Å². The second kappa shape index (κ2) is 3.96. The van der Waals surface area contributed by atoms with Crippen LogP contribution in [0.1, 0.15) is 44.9 Å². The molecular weight excluding hydrogens is 258 g/mol. The standard InChI is InChI=1S/C11H18BrNO2/c1-15-9(14)13-11-6-2-4-10(12,8-11)5-3-7-11/h2-8H2,1H3,(H,13,14). The molecule has 2 rings (SSSR count). The maximum Gasteiger partial charge on any atom is 0.407 e. The summed E-state index contributed by atoms with van der Waals surface area (Å²) >= 11 is 3.84. The quantitative estimate of drug-likeness (QED) is 0.748. The Bertz CT molecular complexity index is 257. The number of carbonyl (C=O) groups is 1. The molecule has 2 aliphatic carbocycles. The van der Waals surface area contributed by atoms with Gasteiger partial charge in [-0.3, -0.25) is 0 Å². The average molecular weight is 276 g/mol. The lowest BCUT2D eigenvalue weighted by Crippen LogP contribution is -2.56. The number of amides is 1. The highest BCUT2D eigenvalue weighted by Gasteiger charge is 2.47. The third-order valence-corrected chi connectivity index (χ3v) is 4.84. The van der Waals surface area contributed by atoms with E-state index >= 15 is 0 Å². The monoisotopic (exact) mass is 275 g/mol. The zero-order valence-electron chi connectivity index (χ0n) is 9.14. The fourth-order valence-corrected chi connectivity index (χ4v) is 4.23. The number of halogens is 1. The Morgan fingerprint density at radius 1 is 1.27 bits per heavy atom. The Balaban J connectivity index is 2.09. The van der Waals surface area contributed by atoms with E-state index in [1.165, 1.54) is 32.8 Å². The minimum Gasteiger partial charge on any atom is -0.453 e. The summed E-state index contributed by atoms with van der Waals surface area (Å²) in [6, 6.07) is 0. The van der Waals surface area contributed by atoms with Gasteiger partial charge in [0.15, 0.2) is 0 Å². The molecule has 0 spiro atoms. The van der Waals surface area contributed by atoms with Gasteiger partial charge < -0.3 is 10.1 Å². The fourth-order valence-electron chi connectivity index (χ4n) is 3.13. The molecule has 1 N–H and O–H groups in total. The van der Waals surface area contributed by atoms with Crippen LogP contribution < -0.4 is 5.32 Å². The van der Waals surface area contributed by atoms with Crippen molar-refractivity contribution < 1.29 is 9.53 Å². The van der Waals surface area contributed by atoms with Crippen molar-refractivity contribution in [3.05, 3.63) is 0 Å². The van der Waals surface area contributed by atoms with Crippen LogP contribution in [0.4, 0.5) is 4.79 Å². The van der Waals surface area contributed by atoms with Crippen molar-refractivity contribution in [2.75, 3.05) is 7.11 Å². The summed E-state index contributed by atoms with van der Waals surface area (Å²) in [6.07, 6.45) is 7.80. The molecule has 0 heterocycles. The van der Waals surface area contributed by atoms with Gasteiger partial charge in [0.2, 0.25) is 0 Å². The summed E-state index contributed by atoms with van der Waals surface area (Å²) in [7, 11) is 1.43. The Labute approximate surface area is 99.1 Å². The molecule has 0 saturated heterocycles. The van der Waals surface area contributed by atoms with E-state index in [1.54, 1.807) is 0 Å². The lowest BCUT2D eigenvalue weighted by molar-refractivity contribution is 0.113. The first-order chi connectivity index (χ1) is 7.08. The van der Waals surface area contributed by atoms with Crippen molar-refractivity contribution in [3.8, 4) is 0 Å². The van der Waals surface area contributed by atoms with Gasteiger partial charge in [-0.2, -0.15) is 0 Å². The summed E-state index contributed by atoms with van der Waals surface area (Å²) in [5.41, 5.74) is -0.00685. The number of hydrogen-bond acceptors (Lipinski definition) is 2. The first-order valence-electron chi connectivity index (χ1n) is 5.63. The van der Waals surface area contributed by atoms with Gasteiger partial charge in [0.25, 0.3) is 0 Å². The van der Waals surface area contributed by atoms with Crippen molar-refractivity contribution >= 4 is 22.0 Å². The molecule has 0 atom stereocenters. The van der Waals surface area contributed by atoms with Crippen LogP contribution in [0.15, 0.2) is 0 Å². The van der Waals surface area contributed by atoms with E-state index in [-0.39, 0.29) is 16.0 Å². The van der Waals surface area contributed by atoms with Crippen LogP contribution >= 0.6 is 15.9 Å². The molecule has 4 heteroatoms. The Morgan fingerprint density at radius 2 is 1.87 bits per heavy atom. The van der Waals surface area contributed by atoms with E-state index in [0.29, 0.717) is 0 Å². The number of fused-ring (bicyclic) bond motifs is 2. The molecular formula is C11H18BrNO2. The maximum atomic E-state index is 11.3. The largest absolute Gasteiger partial charge is 0.453 e. The zero-order valence-corrected chi connectivity index (χ0v) is 10.7. The molecule has 15 heavy (non-hydrogen) atoms. The van der Waals surface area contributed by atoms with Crippen molar-refractivity contribution in [2.45, 2.75) is 54.8 Å². The second-order valence-corrected chi connectivity index (χ2v) is 6.61. The van der Waals surface area contributed by atoms with Gasteiger partial charge >= 0.3 is 6.09 Å². The van der Waals surface area contributed by atoms with E-state index in [9.17, 15) is 4.79 Å². The lowest BCUT2D eigenvalue weighted by atomic mass is 9.67. The first-order valence-corrected chi connectivity index (χ1v) is 6.42. The highest BCUT2D eigenvalue weighted by atomic mass is 79.9. The predicted octanol–water partition coefficient (Wildman–Crippen LogP) is 2.97. The molecule has 0 aromatic carbocycles. The van der Waals surface area contributed by atoms with E-state index in [4.69, 9.17) is 4.74 Å². The first kappa shape index (κ1) is 11.2. The SMILES string of the molecule is COC(=O)NC12CCCC(Br)(CCC1)C2. The van der Waals surface area contributed by atoms with Crippen molar-refractivity contribution in [2.24, 2.45) is 0 Å². The summed E-state index contributed by atoms with van der Waals surface area (Å²) < 4.78 is 4.98. The maximum absolute atomic E-state index is 11.3. The summed E-state index contributed by atoms with van der Waals surface area (Å²) in [4.78, 5) is 11.3. The average Bonchev–Trinajstić information content (AvgIpc) is 2.16. The van der Waals surface area contributed by atoms with E-state index in [0.717, 1.165) is 19.3 Å². The Hall–Kier alpha value is -0.250. The van der Waals surface area contributed by atoms with Crippen LogP contribution in [0.25, 0.3) is 0 Å². The van der Waals surface area contributed by atoms with Crippen molar-refractivity contribution in [1.82, 2.24) is 5.32 Å². The number of alkyl halides is 1. The van der Waals surface area contributed by atoms with Crippen LogP contribution in [-0.4, -0.2) is 23.1 Å². The van der Waals surface area contributed by atoms with Crippen LogP contribution in [0.2, 0.25) is 0 Å². The molecule has 0 aromatic heterocycles. The van der Waals surface area contributed by atoms with Gasteiger partial charge in [0.1, 0.15) is 0 Å². The highest BCUT2D eigenvalue weighted by Crippen LogP contribution is 2.50. The number of rotatable bonds is 1. The van der Waals surface area contributed by atoms with Crippen molar-refractivity contribution in [1.29, 1.82) is 0 Å². The number of methoxy groups -OCH3 is 1. The zero-order chi connectivity index (χ0) is 10.9. The molecule has 3 nitrogen and oxygen atoms in total. The Morgan fingerprint density at radius 3 is 2.40 bits per heavy atom. The number of alkyl carbamates (subject to hydrolysis) is 1.